The fraction of sp³-hybridized carbons (Fsp3) is 0.700. The molecule has 2 fully saturated rings. The number of hydrogen-bond donors (Lipinski definition) is 0. The number of aryl methyl sites for hydroxylation is 1. The SMILES string of the molecule is CN(CC1(N2CCCCC2)CCCCC1)C(=O)c1ccn(C)c(=O)c1. The van der Waals surface area contributed by atoms with Gasteiger partial charge in [0.2, 0.25) is 0 Å². The van der Waals surface area contributed by atoms with E-state index in [1.165, 1.54) is 62.0 Å². The molecular formula is C20H31N3O2. The zero-order valence-electron chi connectivity index (χ0n) is 15.7. The largest absolute Gasteiger partial charge is 0.340 e. The number of aromatic nitrogens is 1. The molecule has 5 heteroatoms. The van der Waals surface area contributed by atoms with Crippen LogP contribution in [0.25, 0.3) is 0 Å². The number of piperidine rings is 1. The van der Waals surface area contributed by atoms with E-state index in [9.17, 15) is 9.59 Å². The quantitative estimate of drug-likeness (QED) is 0.843. The van der Waals surface area contributed by atoms with Gasteiger partial charge in [-0.25, -0.2) is 0 Å². The van der Waals surface area contributed by atoms with Crippen molar-refractivity contribution in [2.45, 2.75) is 56.9 Å². The third kappa shape index (κ3) is 3.97. The number of rotatable bonds is 4. The second-order valence-electron chi connectivity index (χ2n) is 7.86. The zero-order valence-corrected chi connectivity index (χ0v) is 15.7. The van der Waals surface area contributed by atoms with Gasteiger partial charge in [-0.2, -0.15) is 0 Å². The minimum atomic E-state index is -0.136. The molecule has 0 atom stereocenters. The Morgan fingerprint density at radius 3 is 2.40 bits per heavy atom. The Morgan fingerprint density at radius 1 is 1.12 bits per heavy atom. The molecule has 138 valence electrons. The van der Waals surface area contributed by atoms with Gasteiger partial charge in [-0.3, -0.25) is 14.5 Å². The van der Waals surface area contributed by atoms with E-state index in [0.29, 0.717) is 5.56 Å². The third-order valence-corrected chi connectivity index (χ3v) is 6.04. The number of likely N-dealkylation sites (tertiary alicyclic amines) is 1. The van der Waals surface area contributed by atoms with Crippen molar-refractivity contribution in [1.29, 1.82) is 0 Å². The number of hydrogen-bond acceptors (Lipinski definition) is 3. The standard InChI is InChI=1S/C20H31N3O2/c1-21-14-9-17(15-18(21)24)19(25)22(2)16-20(10-5-3-6-11-20)23-12-7-4-8-13-23/h9,14-15H,3-8,10-13,16H2,1-2H3. The second kappa shape index (κ2) is 7.73. The Kier molecular flexibility index (Phi) is 5.62. The number of nitrogens with zero attached hydrogens (tertiary/aromatic N) is 3. The molecule has 0 N–H and O–H groups in total. The lowest BCUT2D eigenvalue weighted by Gasteiger charge is -2.49. The lowest BCUT2D eigenvalue weighted by atomic mass is 9.78. The van der Waals surface area contributed by atoms with Crippen LogP contribution in [0.15, 0.2) is 23.1 Å². The minimum absolute atomic E-state index is 0.0420. The minimum Gasteiger partial charge on any atom is -0.340 e. The van der Waals surface area contributed by atoms with Crippen molar-refractivity contribution >= 4 is 5.91 Å². The normalized spacial score (nSPS) is 21.0. The van der Waals surface area contributed by atoms with Gasteiger partial charge in [0.05, 0.1) is 0 Å². The van der Waals surface area contributed by atoms with Crippen LogP contribution in [0.5, 0.6) is 0 Å². The van der Waals surface area contributed by atoms with Crippen molar-refractivity contribution in [1.82, 2.24) is 14.4 Å². The summed E-state index contributed by atoms with van der Waals surface area (Å²) in [6.45, 7) is 3.09. The number of carbonyl (C=O) groups is 1. The molecular weight excluding hydrogens is 314 g/mol. The first-order valence-corrected chi connectivity index (χ1v) is 9.69. The maximum Gasteiger partial charge on any atom is 0.253 e. The van der Waals surface area contributed by atoms with Crippen molar-refractivity contribution in [2.24, 2.45) is 7.05 Å². The smallest absolute Gasteiger partial charge is 0.253 e. The average Bonchev–Trinajstić information content (AvgIpc) is 2.65. The highest BCUT2D eigenvalue weighted by molar-refractivity contribution is 5.93. The summed E-state index contributed by atoms with van der Waals surface area (Å²) in [5.41, 5.74) is 0.487. The van der Waals surface area contributed by atoms with Crippen LogP contribution in [0.1, 0.15) is 61.7 Å². The molecule has 5 nitrogen and oxygen atoms in total. The Morgan fingerprint density at radius 2 is 1.76 bits per heavy atom. The van der Waals surface area contributed by atoms with Crippen LogP contribution in [0, 0.1) is 0 Å². The van der Waals surface area contributed by atoms with Gasteiger partial charge in [0.15, 0.2) is 0 Å². The highest BCUT2D eigenvalue weighted by Crippen LogP contribution is 2.36. The molecule has 1 saturated heterocycles. The summed E-state index contributed by atoms with van der Waals surface area (Å²) >= 11 is 0. The van der Waals surface area contributed by atoms with Crippen molar-refractivity contribution in [3.05, 3.63) is 34.2 Å². The summed E-state index contributed by atoms with van der Waals surface area (Å²) in [6, 6.07) is 3.20. The number of pyridine rings is 1. The Hall–Kier alpha value is -1.62. The predicted molar refractivity (Wildman–Crippen MR) is 99.9 cm³/mol. The summed E-state index contributed by atoms with van der Waals surface area (Å²) in [7, 11) is 3.59. The van der Waals surface area contributed by atoms with E-state index < -0.39 is 0 Å². The van der Waals surface area contributed by atoms with Gasteiger partial charge in [-0.1, -0.05) is 25.7 Å². The number of likely N-dealkylation sites (N-methyl/N-ethyl adjacent to an activating group) is 1. The Balaban J connectivity index is 1.77. The van der Waals surface area contributed by atoms with Crippen LogP contribution in [0.2, 0.25) is 0 Å². The Labute approximate surface area is 150 Å². The van der Waals surface area contributed by atoms with Gasteiger partial charge in [-0.05, 0) is 44.8 Å². The van der Waals surface area contributed by atoms with Crippen LogP contribution >= 0.6 is 0 Å². The van der Waals surface area contributed by atoms with Crippen LogP contribution in [0.3, 0.4) is 0 Å². The van der Waals surface area contributed by atoms with Crippen molar-refractivity contribution in [3.8, 4) is 0 Å². The summed E-state index contributed by atoms with van der Waals surface area (Å²) in [5, 5.41) is 0. The van der Waals surface area contributed by atoms with Crippen molar-refractivity contribution in [3.63, 3.8) is 0 Å². The van der Waals surface area contributed by atoms with E-state index in [4.69, 9.17) is 0 Å². The molecule has 2 heterocycles. The Bertz CT molecular complexity index is 655. The van der Waals surface area contributed by atoms with Gasteiger partial charge in [0.1, 0.15) is 0 Å². The maximum absolute atomic E-state index is 12.9. The summed E-state index contributed by atoms with van der Waals surface area (Å²) in [5.74, 6) is -0.0420. The number of amides is 1. The van der Waals surface area contributed by atoms with Crippen LogP contribution in [0.4, 0.5) is 0 Å². The van der Waals surface area contributed by atoms with Gasteiger partial charge in [-0.15, -0.1) is 0 Å². The molecule has 1 aliphatic carbocycles. The van der Waals surface area contributed by atoms with E-state index in [2.05, 4.69) is 4.90 Å². The molecule has 1 aromatic rings. The van der Waals surface area contributed by atoms with E-state index in [1.54, 1.807) is 19.3 Å². The van der Waals surface area contributed by atoms with E-state index in [0.717, 1.165) is 19.6 Å². The van der Waals surface area contributed by atoms with Crippen LogP contribution < -0.4 is 5.56 Å². The fourth-order valence-electron chi connectivity index (χ4n) is 4.57. The maximum atomic E-state index is 12.9. The topological polar surface area (TPSA) is 45.5 Å². The molecule has 3 rings (SSSR count). The first-order chi connectivity index (χ1) is 12.0. The lowest BCUT2D eigenvalue weighted by molar-refractivity contribution is 0.00989. The molecule has 0 radical (unpaired) electrons. The average molecular weight is 345 g/mol. The zero-order chi connectivity index (χ0) is 17.9. The van der Waals surface area contributed by atoms with E-state index in [-0.39, 0.29) is 17.0 Å². The first kappa shape index (κ1) is 18.2. The molecule has 1 aromatic heterocycles. The van der Waals surface area contributed by atoms with E-state index >= 15 is 0 Å². The van der Waals surface area contributed by atoms with Gasteiger partial charge in [0, 0.05) is 44.0 Å². The summed E-state index contributed by atoms with van der Waals surface area (Å²) in [6.07, 6.45) is 11.7. The molecule has 1 amide bonds. The monoisotopic (exact) mass is 345 g/mol. The molecule has 2 aliphatic rings. The highest BCUT2D eigenvalue weighted by Gasteiger charge is 2.40. The van der Waals surface area contributed by atoms with Gasteiger partial charge in [0.25, 0.3) is 11.5 Å². The first-order valence-electron chi connectivity index (χ1n) is 9.69. The van der Waals surface area contributed by atoms with Gasteiger partial charge < -0.3 is 9.47 Å². The highest BCUT2D eigenvalue weighted by atomic mass is 16.2. The number of carbonyl (C=O) groups excluding carboxylic acids is 1. The molecule has 25 heavy (non-hydrogen) atoms. The molecule has 0 unspecified atom stereocenters. The summed E-state index contributed by atoms with van der Waals surface area (Å²) < 4.78 is 1.49. The molecule has 1 aliphatic heterocycles. The molecule has 1 saturated carbocycles. The van der Waals surface area contributed by atoms with E-state index in [1.807, 2.05) is 11.9 Å². The molecule has 0 spiro atoms. The second-order valence-corrected chi connectivity index (χ2v) is 7.86. The lowest BCUT2D eigenvalue weighted by Crippen LogP contribution is -2.58. The molecule has 0 aromatic carbocycles. The van der Waals surface area contributed by atoms with Crippen molar-refractivity contribution < 1.29 is 4.79 Å². The van der Waals surface area contributed by atoms with Gasteiger partial charge >= 0.3 is 0 Å². The van der Waals surface area contributed by atoms with Crippen LogP contribution in [-0.2, 0) is 7.05 Å². The summed E-state index contributed by atoms with van der Waals surface area (Å²) in [4.78, 5) is 29.2. The third-order valence-electron chi connectivity index (χ3n) is 6.04. The fourth-order valence-corrected chi connectivity index (χ4v) is 4.57. The van der Waals surface area contributed by atoms with Crippen LogP contribution in [-0.4, -0.2) is 52.5 Å². The van der Waals surface area contributed by atoms with Crippen molar-refractivity contribution in [2.75, 3.05) is 26.7 Å². The predicted octanol–water partition coefficient (Wildman–Crippen LogP) is 2.65. The molecule has 0 bridgehead atoms.